The molecule has 7 heteroatoms. The zero-order valence-electron chi connectivity index (χ0n) is 13.0. The Labute approximate surface area is 161 Å². The fourth-order valence-electron chi connectivity index (χ4n) is 2.79. The zero-order chi connectivity index (χ0) is 18.4. The maximum atomic E-state index is 14.2. The summed E-state index contributed by atoms with van der Waals surface area (Å²) in [4.78, 5) is -0.897. The van der Waals surface area contributed by atoms with Crippen LogP contribution in [0.2, 0.25) is 0 Å². The van der Waals surface area contributed by atoms with Crippen LogP contribution in [0.25, 0.3) is 11.1 Å². The van der Waals surface area contributed by atoms with Crippen LogP contribution in [0.15, 0.2) is 56.3 Å². The molecule has 1 aliphatic carbocycles. The van der Waals surface area contributed by atoms with E-state index in [0.717, 1.165) is 38.5 Å². The first kappa shape index (κ1) is 18.5. The summed E-state index contributed by atoms with van der Waals surface area (Å²) >= 11 is 6.85. The highest BCUT2D eigenvalue weighted by Gasteiger charge is 2.23. The van der Waals surface area contributed by atoms with Crippen molar-refractivity contribution in [1.29, 1.82) is 0 Å². The molecule has 0 heterocycles. The van der Waals surface area contributed by atoms with E-state index in [2.05, 4.69) is 31.9 Å². The van der Waals surface area contributed by atoms with Crippen molar-refractivity contribution < 1.29 is 17.2 Å². The Hall–Kier alpha value is -1.31. The maximum absolute atomic E-state index is 14.2. The Kier molecular flexibility index (Phi) is 5.01. The van der Waals surface area contributed by atoms with Crippen molar-refractivity contribution in [2.24, 2.45) is 0 Å². The maximum Gasteiger partial charge on any atom is 0.181 e. The molecule has 0 atom stereocenters. The third kappa shape index (κ3) is 3.64. The lowest BCUT2D eigenvalue weighted by atomic mass is 9.95. The van der Waals surface area contributed by atoms with Crippen molar-refractivity contribution in [3.05, 3.63) is 74.2 Å². The molecule has 0 bridgehead atoms. The molecule has 3 rings (SSSR count). The summed E-state index contributed by atoms with van der Waals surface area (Å²) in [6.45, 7) is 0. The number of rotatable bonds is 3. The summed E-state index contributed by atoms with van der Waals surface area (Å²) in [5.41, 5.74) is 2.73. The predicted octanol–water partition coefficient (Wildman–Crippen LogP) is 5.76. The largest absolute Gasteiger partial charge is 0.224 e. The van der Waals surface area contributed by atoms with Gasteiger partial charge in [0.05, 0.1) is 0 Å². The highest BCUT2D eigenvalue weighted by Crippen LogP contribution is 2.39. The minimum absolute atomic E-state index is 0.310. The van der Waals surface area contributed by atoms with Crippen molar-refractivity contribution in [3.63, 3.8) is 0 Å². The molecule has 0 saturated heterocycles. The van der Waals surface area contributed by atoms with E-state index in [-0.39, 0.29) is 0 Å². The fraction of sp³-hybridized carbons (Fsp3) is 0.111. The SMILES string of the molecule is CS(=O)(=O)c1c(F)cc(C2=CCC=C2c2ccc(Br)c(Br)c2)cc1F. The Balaban J connectivity index is 2.08. The van der Waals surface area contributed by atoms with Crippen molar-refractivity contribution >= 4 is 52.8 Å². The molecule has 0 aromatic heterocycles. The van der Waals surface area contributed by atoms with Gasteiger partial charge in [0.15, 0.2) is 9.84 Å². The minimum atomic E-state index is -3.98. The van der Waals surface area contributed by atoms with Crippen molar-refractivity contribution in [2.45, 2.75) is 11.3 Å². The molecule has 0 unspecified atom stereocenters. The first-order chi connectivity index (χ1) is 11.7. The van der Waals surface area contributed by atoms with E-state index < -0.39 is 26.4 Å². The smallest absolute Gasteiger partial charge is 0.181 e. The van der Waals surface area contributed by atoms with Gasteiger partial charge in [-0.3, -0.25) is 0 Å². The molecule has 0 N–H and O–H groups in total. The molecule has 1 aliphatic rings. The Morgan fingerprint density at radius 2 is 1.44 bits per heavy atom. The van der Waals surface area contributed by atoms with Gasteiger partial charge >= 0.3 is 0 Å². The summed E-state index contributed by atoms with van der Waals surface area (Å²) in [6.07, 6.45) is 5.24. The third-order valence-corrected chi connectivity index (χ3v) is 6.86. The van der Waals surface area contributed by atoms with E-state index in [9.17, 15) is 17.2 Å². The topological polar surface area (TPSA) is 34.1 Å². The average Bonchev–Trinajstić information content (AvgIpc) is 2.97. The molecule has 0 amide bonds. The molecular formula is C18H12Br2F2O2S. The normalized spacial score (nSPS) is 14.4. The second-order valence-corrected chi connectivity index (χ2v) is 9.30. The molecular weight excluding hydrogens is 478 g/mol. The van der Waals surface area contributed by atoms with Crippen molar-refractivity contribution in [2.75, 3.05) is 6.26 Å². The van der Waals surface area contributed by atoms with E-state index in [1.54, 1.807) is 0 Å². The van der Waals surface area contributed by atoms with Gasteiger partial charge in [-0.1, -0.05) is 18.2 Å². The summed E-state index contributed by atoms with van der Waals surface area (Å²) in [6, 6.07) is 7.82. The third-order valence-electron chi connectivity index (χ3n) is 3.84. The van der Waals surface area contributed by atoms with Gasteiger partial charge in [-0.25, -0.2) is 17.2 Å². The lowest BCUT2D eigenvalue weighted by molar-refractivity contribution is 0.521. The summed E-state index contributed by atoms with van der Waals surface area (Å²) in [7, 11) is -3.98. The predicted molar refractivity (Wildman–Crippen MR) is 102 cm³/mol. The van der Waals surface area contributed by atoms with E-state index in [1.807, 2.05) is 30.4 Å². The molecule has 2 aromatic carbocycles. The average molecular weight is 490 g/mol. The van der Waals surface area contributed by atoms with Crippen LogP contribution >= 0.6 is 31.9 Å². The van der Waals surface area contributed by atoms with Crippen LogP contribution in [0.3, 0.4) is 0 Å². The minimum Gasteiger partial charge on any atom is -0.224 e. The molecule has 0 radical (unpaired) electrons. The Morgan fingerprint density at radius 1 is 0.880 bits per heavy atom. The second-order valence-electron chi connectivity index (χ2n) is 5.64. The molecule has 2 nitrogen and oxygen atoms in total. The number of hydrogen-bond donors (Lipinski definition) is 0. The molecule has 2 aromatic rings. The number of halogens is 4. The highest BCUT2D eigenvalue weighted by atomic mass is 79.9. The van der Waals surface area contributed by atoms with E-state index in [4.69, 9.17) is 0 Å². The van der Waals surface area contributed by atoms with Gasteiger partial charge in [-0.2, -0.15) is 0 Å². The summed E-state index contributed by atoms with van der Waals surface area (Å²) < 4.78 is 53.3. The summed E-state index contributed by atoms with van der Waals surface area (Å²) in [5, 5.41) is 0. The Morgan fingerprint density at radius 3 is 1.96 bits per heavy atom. The molecule has 0 fully saturated rings. The lowest BCUT2D eigenvalue weighted by Gasteiger charge is -2.12. The monoisotopic (exact) mass is 488 g/mol. The van der Waals surface area contributed by atoms with Crippen LogP contribution in [0.4, 0.5) is 8.78 Å². The molecule has 0 spiro atoms. The quantitative estimate of drug-likeness (QED) is 0.548. The van der Waals surface area contributed by atoms with Gasteiger partial charge in [0.1, 0.15) is 16.5 Å². The number of sulfone groups is 1. The van der Waals surface area contributed by atoms with Crippen LogP contribution in [-0.4, -0.2) is 14.7 Å². The van der Waals surface area contributed by atoms with Crippen LogP contribution in [0, 0.1) is 11.6 Å². The van der Waals surface area contributed by atoms with Gasteiger partial charge < -0.3 is 0 Å². The number of benzene rings is 2. The van der Waals surface area contributed by atoms with Crippen LogP contribution < -0.4 is 0 Å². The first-order valence-electron chi connectivity index (χ1n) is 7.24. The second kappa shape index (κ2) is 6.78. The fourth-order valence-corrected chi connectivity index (χ4v) is 4.25. The van der Waals surface area contributed by atoms with E-state index in [0.29, 0.717) is 17.6 Å². The van der Waals surface area contributed by atoms with Crippen LogP contribution in [0.1, 0.15) is 17.5 Å². The lowest BCUT2D eigenvalue weighted by Crippen LogP contribution is -2.05. The molecule has 0 aliphatic heterocycles. The number of allylic oxidation sites excluding steroid dienone is 4. The van der Waals surface area contributed by atoms with E-state index >= 15 is 0 Å². The Bertz CT molecular complexity index is 1020. The molecule has 0 saturated carbocycles. The van der Waals surface area contributed by atoms with Crippen molar-refractivity contribution in [3.8, 4) is 0 Å². The van der Waals surface area contributed by atoms with Crippen LogP contribution in [-0.2, 0) is 9.84 Å². The van der Waals surface area contributed by atoms with Crippen LogP contribution in [0.5, 0.6) is 0 Å². The standard InChI is InChI=1S/C18H12Br2F2O2S/c1-25(23,24)18-16(21)8-11(9-17(18)22)13-4-2-3-12(13)10-5-6-14(19)15(20)7-10/h3-9H,2H2,1H3. The van der Waals surface area contributed by atoms with Gasteiger partial charge in [0.25, 0.3) is 0 Å². The first-order valence-corrected chi connectivity index (χ1v) is 10.7. The molecule has 130 valence electrons. The highest BCUT2D eigenvalue weighted by molar-refractivity contribution is 9.13. The number of hydrogen-bond acceptors (Lipinski definition) is 2. The van der Waals surface area contributed by atoms with Crippen molar-refractivity contribution in [1.82, 2.24) is 0 Å². The van der Waals surface area contributed by atoms with E-state index in [1.165, 1.54) is 0 Å². The summed E-state index contributed by atoms with van der Waals surface area (Å²) in [5.74, 6) is -2.16. The van der Waals surface area contributed by atoms with Gasteiger partial charge in [-0.05, 0) is 84.8 Å². The molecule has 25 heavy (non-hydrogen) atoms. The van der Waals surface area contributed by atoms with Gasteiger partial charge in [0.2, 0.25) is 0 Å². The van der Waals surface area contributed by atoms with Gasteiger partial charge in [0, 0.05) is 15.2 Å². The van der Waals surface area contributed by atoms with Gasteiger partial charge in [-0.15, -0.1) is 0 Å². The zero-order valence-corrected chi connectivity index (χ0v) is 17.0.